The van der Waals surface area contributed by atoms with Crippen LogP contribution in [0.25, 0.3) is 0 Å². The van der Waals surface area contributed by atoms with Gasteiger partial charge in [0.2, 0.25) is 0 Å². The maximum Gasteiger partial charge on any atom is 0.161 e. The molecule has 1 N–H and O–H groups in total. The molecule has 3 nitrogen and oxygen atoms in total. The fourth-order valence-corrected chi connectivity index (χ4v) is 0.750. The highest BCUT2D eigenvalue weighted by Gasteiger charge is 1.97. The minimum absolute atomic E-state index is 0.0418. The van der Waals surface area contributed by atoms with E-state index in [1.54, 1.807) is 25.4 Å². The predicted octanol–water partition coefficient (Wildman–Crippen LogP) is 1.33. The molecule has 0 aliphatic carbocycles. The molecule has 3 heteroatoms. The summed E-state index contributed by atoms with van der Waals surface area (Å²) in [6, 6.07) is 3.53. The lowest BCUT2D eigenvalue weighted by atomic mass is 10.2. The first-order valence-corrected chi connectivity index (χ1v) is 3.39. The summed E-state index contributed by atoms with van der Waals surface area (Å²) in [5, 5.41) is 2.87. The molecule has 58 valence electrons. The van der Waals surface area contributed by atoms with Gasteiger partial charge in [-0.15, -0.1) is 0 Å². The number of hydrogen-bond donors (Lipinski definition) is 1. The Morgan fingerprint density at radius 1 is 1.55 bits per heavy atom. The van der Waals surface area contributed by atoms with Crippen molar-refractivity contribution in [3.05, 3.63) is 23.9 Å². The predicted molar refractivity (Wildman–Crippen MR) is 43.8 cm³/mol. The molecular weight excluding hydrogens is 140 g/mol. The van der Waals surface area contributed by atoms with Crippen LogP contribution in [0.5, 0.6) is 0 Å². The third-order valence-electron chi connectivity index (χ3n) is 1.43. The lowest BCUT2D eigenvalue weighted by molar-refractivity contribution is 0.101. The zero-order valence-electron chi connectivity index (χ0n) is 6.59. The number of ketones is 1. The van der Waals surface area contributed by atoms with E-state index in [1.807, 2.05) is 0 Å². The van der Waals surface area contributed by atoms with Gasteiger partial charge in [0.05, 0.1) is 0 Å². The number of carbonyl (C=O) groups is 1. The van der Waals surface area contributed by atoms with E-state index < -0.39 is 0 Å². The minimum Gasteiger partial charge on any atom is -0.373 e. The molecule has 0 saturated heterocycles. The molecule has 0 fully saturated rings. The van der Waals surface area contributed by atoms with Crippen LogP contribution in [-0.4, -0.2) is 17.8 Å². The topological polar surface area (TPSA) is 42.0 Å². The van der Waals surface area contributed by atoms with Gasteiger partial charge in [-0.3, -0.25) is 4.79 Å². The van der Waals surface area contributed by atoms with Crippen LogP contribution in [0.2, 0.25) is 0 Å². The number of nitrogens with one attached hydrogen (secondary N) is 1. The zero-order valence-corrected chi connectivity index (χ0v) is 6.59. The van der Waals surface area contributed by atoms with E-state index in [0.29, 0.717) is 5.56 Å². The van der Waals surface area contributed by atoms with Gasteiger partial charge in [0.15, 0.2) is 5.78 Å². The number of rotatable bonds is 2. The second-order valence-electron chi connectivity index (χ2n) is 2.24. The largest absolute Gasteiger partial charge is 0.373 e. The van der Waals surface area contributed by atoms with E-state index in [0.717, 1.165) is 5.82 Å². The highest BCUT2D eigenvalue weighted by molar-refractivity contribution is 5.93. The van der Waals surface area contributed by atoms with Gasteiger partial charge in [0.25, 0.3) is 0 Å². The molecule has 0 bridgehead atoms. The Balaban J connectivity index is 2.91. The molecule has 1 aromatic rings. The molecule has 0 aliphatic heterocycles. The summed E-state index contributed by atoms with van der Waals surface area (Å²) >= 11 is 0. The molecule has 0 aliphatic rings. The Morgan fingerprint density at radius 3 is 2.64 bits per heavy atom. The number of hydrogen-bond acceptors (Lipinski definition) is 3. The third-order valence-corrected chi connectivity index (χ3v) is 1.43. The van der Waals surface area contributed by atoms with E-state index in [2.05, 4.69) is 10.3 Å². The van der Waals surface area contributed by atoms with Gasteiger partial charge >= 0.3 is 0 Å². The summed E-state index contributed by atoms with van der Waals surface area (Å²) in [7, 11) is 1.79. The summed E-state index contributed by atoms with van der Waals surface area (Å²) in [4.78, 5) is 14.8. The molecule has 0 unspecified atom stereocenters. The minimum atomic E-state index is 0.0418. The molecular formula is C8H10N2O. The van der Waals surface area contributed by atoms with Crippen molar-refractivity contribution in [2.24, 2.45) is 0 Å². The third kappa shape index (κ3) is 1.77. The summed E-state index contributed by atoms with van der Waals surface area (Å²) < 4.78 is 0. The first-order valence-electron chi connectivity index (χ1n) is 3.39. The summed E-state index contributed by atoms with van der Waals surface area (Å²) in [5.74, 6) is 0.815. The Kier molecular flexibility index (Phi) is 2.21. The number of carbonyl (C=O) groups excluding carboxylic acids is 1. The van der Waals surface area contributed by atoms with Crippen LogP contribution in [0.4, 0.5) is 5.82 Å². The number of Topliss-reactive ketones (excluding diaryl/α,β-unsaturated/α-hetero) is 1. The van der Waals surface area contributed by atoms with Crippen LogP contribution in [0.3, 0.4) is 0 Å². The second kappa shape index (κ2) is 3.14. The number of aromatic nitrogens is 1. The summed E-state index contributed by atoms with van der Waals surface area (Å²) in [6.45, 7) is 1.52. The van der Waals surface area contributed by atoms with E-state index >= 15 is 0 Å². The van der Waals surface area contributed by atoms with Crippen molar-refractivity contribution >= 4 is 11.6 Å². The Morgan fingerprint density at radius 2 is 2.27 bits per heavy atom. The summed E-state index contributed by atoms with van der Waals surface area (Å²) in [6.07, 6.45) is 1.56. The molecule has 0 aromatic carbocycles. The second-order valence-corrected chi connectivity index (χ2v) is 2.24. The van der Waals surface area contributed by atoms with Crippen molar-refractivity contribution in [2.75, 3.05) is 12.4 Å². The molecule has 0 spiro atoms. The lowest BCUT2D eigenvalue weighted by Gasteiger charge is -1.98. The Labute approximate surface area is 65.5 Å². The fourth-order valence-electron chi connectivity index (χ4n) is 0.750. The summed E-state index contributed by atoms with van der Waals surface area (Å²) in [5.41, 5.74) is 0.643. The number of pyridine rings is 1. The Hall–Kier alpha value is -1.38. The molecule has 1 aromatic heterocycles. The highest BCUT2D eigenvalue weighted by Crippen LogP contribution is 2.03. The van der Waals surface area contributed by atoms with Crippen LogP contribution in [0.15, 0.2) is 18.3 Å². The first-order chi connectivity index (χ1) is 5.24. The van der Waals surface area contributed by atoms with E-state index in [4.69, 9.17) is 0 Å². The molecule has 1 rings (SSSR count). The van der Waals surface area contributed by atoms with Crippen LogP contribution in [-0.2, 0) is 0 Å². The maximum absolute atomic E-state index is 10.8. The van der Waals surface area contributed by atoms with Gasteiger partial charge < -0.3 is 5.32 Å². The fraction of sp³-hybridized carbons (Fsp3) is 0.250. The van der Waals surface area contributed by atoms with Crippen LogP contribution in [0.1, 0.15) is 17.3 Å². The molecule has 1 heterocycles. The van der Waals surface area contributed by atoms with E-state index in [1.165, 1.54) is 6.92 Å². The van der Waals surface area contributed by atoms with Gasteiger partial charge in [0.1, 0.15) is 5.82 Å². The normalized spacial score (nSPS) is 9.27. The number of anilines is 1. The van der Waals surface area contributed by atoms with Crippen molar-refractivity contribution in [2.45, 2.75) is 6.92 Å². The van der Waals surface area contributed by atoms with Gasteiger partial charge in [-0.1, -0.05) is 0 Å². The van der Waals surface area contributed by atoms with Crippen molar-refractivity contribution < 1.29 is 4.79 Å². The standard InChI is InChI=1S/C8H10N2O/c1-6(11)7-3-4-8(9-2)10-5-7/h3-5H,1-2H3,(H,9,10). The van der Waals surface area contributed by atoms with Crippen LogP contribution >= 0.6 is 0 Å². The van der Waals surface area contributed by atoms with E-state index in [9.17, 15) is 4.79 Å². The lowest BCUT2D eigenvalue weighted by Crippen LogP contribution is -1.96. The average Bonchev–Trinajstić information content (AvgIpc) is 2.05. The van der Waals surface area contributed by atoms with Crippen molar-refractivity contribution in [3.63, 3.8) is 0 Å². The zero-order chi connectivity index (χ0) is 8.27. The van der Waals surface area contributed by atoms with Crippen LogP contribution < -0.4 is 5.32 Å². The molecule has 0 saturated carbocycles. The Bertz CT molecular complexity index is 253. The first kappa shape index (κ1) is 7.72. The van der Waals surface area contributed by atoms with E-state index in [-0.39, 0.29) is 5.78 Å². The van der Waals surface area contributed by atoms with Gasteiger partial charge in [0, 0.05) is 18.8 Å². The maximum atomic E-state index is 10.8. The molecule has 0 atom stereocenters. The quantitative estimate of drug-likeness (QED) is 0.646. The SMILES string of the molecule is CNc1ccc(C(C)=O)cn1. The number of nitrogens with zero attached hydrogens (tertiary/aromatic N) is 1. The monoisotopic (exact) mass is 150 g/mol. The average molecular weight is 150 g/mol. The smallest absolute Gasteiger partial charge is 0.161 e. The molecule has 11 heavy (non-hydrogen) atoms. The van der Waals surface area contributed by atoms with Crippen molar-refractivity contribution in [1.82, 2.24) is 4.98 Å². The van der Waals surface area contributed by atoms with Gasteiger partial charge in [-0.2, -0.15) is 0 Å². The molecule has 0 radical (unpaired) electrons. The van der Waals surface area contributed by atoms with Crippen molar-refractivity contribution in [1.29, 1.82) is 0 Å². The highest BCUT2D eigenvalue weighted by atomic mass is 16.1. The molecule has 0 amide bonds. The van der Waals surface area contributed by atoms with Gasteiger partial charge in [-0.25, -0.2) is 4.98 Å². The van der Waals surface area contributed by atoms with Crippen molar-refractivity contribution in [3.8, 4) is 0 Å². The van der Waals surface area contributed by atoms with Gasteiger partial charge in [-0.05, 0) is 19.1 Å². The van der Waals surface area contributed by atoms with Crippen LogP contribution in [0, 0.1) is 0 Å².